The standard InChI is InChI=1S/C17H27N3O3S/c1-15-6-8-16(9-7-15)24(22,23)19(2)14-17(21)18-10-13-20-11-4-3-5-12-20/h6-9H,3-5,10-14H2,1-2H3,(H,18,21). The van der Waals surface area contributed by atoms with Gasteiger partial charge in [-0.1, -0.05) is 24.1 Å². The number of rotatable bonds is 7. The number of hydrogen-bond donors (Lipinski definition) is 1. The maximum absolute atomic E-state index is 12.4. The van der Waals surface area contributed by atoms with E-state index in [4.69, 9.17) is 0 Å². The maximum atomic E-state index is 12.4. The van der Waals surface area contributed by atoms with Crippen LogP contribution in [0.1, 0.15) is 24.8 Å². The quantitative estimate of drug-likeness (QED) is 0.800. The summed E-state index contributed by atoms with van der Waals surface area (Å²) in [6, 6.07) is 6.63. The first kappa shape index (κ1) is 18.9. The van der Waals surface area contributed by atoms with Gasteiger partial charge in [0.2, 0.25) is 15.9 Å². The number of benzene rings is 1. The number of nitrogens with one attached hydrogen (secondary N) is 1. The van der Waals surface area contributed by atoms with E-state index >= 15 is 0 Å². The number of nitrogens with zero attached hydrogens (tertiary/aromatic N) is 2. The van der Waals surface area contributed by atoms with E-state index in [1.807, 2.05) is 6.92 Å². The molecule has 1 aromatic rings. The smallest absolute Gasteiger partial charge is 0.243 e. The molecule has 7 heteroatoms. The summed E-state index contributed by atoms with van der Waals surface area (Å²) in [6.45, 7) is 5.26. The van der Waals surface area contributed by atoms with Gasteiger partial charge in [-0.05, 0) is 45.0 Å². The minimum absolute atomic E-state index is 0.170. The third-order valence-electron chi connectivity index (χ3n) is 4.29. The minimum Gasteiger partial charge on any atom is -0.354 e. The highest BCUT2D eigenvalue weighted by Crippen LogP contribution is 2.14. The predicted octanol–water partition coefficient (Wildman–Crippen LogP) is 1.22. The number of aryl methyl sites for hydroxylation is 1. The molecule has 6 nitrogen and oxygen atoms in total. The van der Waals surface area contributed by atoms with Crippen molar-refractivity contribution < 1.29 is 13.2 Å². The van der Waals surface area contributed by atoms with Gasteiger partial charge in [-0.2, -0.15) is 4.31 Å². The molecule has 1 aromatic carbocycles. The Labute approximate surface area is 144 Å². The van der Waals surface area contributed by atoms with Gasteiger partial charge in [0.1, 0.15) is 0 Å². The number of amides is 1. The Balaban J connectivity index is 1.80. The van der Waals surface area contributed by atoms with E-state index in [0.717, 1.165) is 29.5 Å². The Morgan fingerprint density at radius 3 is 2.42 bits per heavy atom. The molecule has 1 amide bonds. The van der Waals surface area contributed by atoms with E-state index in [-0.39, 0.29) is 17.3 Å². The second-order valence-electron chi connectivity index (χ2n) is 6.33. The summed E-state index contributed by atoms with van der Waals surface area (Å²) in [7, 11) is -2.20. The van der Waals surface area contributed by atoms with Gasteiger partial charge in [-0.25, -0.2) is 8.42 Å². The molecule has 1 aliphatic rings. The zero-order chi connectivity index (χ0) is 17.6. The number of likely N-dealkylation sites (N-methyl/N-ethyl adjacent to an activating group) is 1. The lowest BCUT2D eigenvalue weighted by atomic mass is 10.1. The van der Waals surface area contributed by atoms with E-state index < -0.39 is 10.0 Å². The van der Waals surface area contributed by atoms with E-state index in [1.165, 1.54) is 26.3 Å². The van der Waals surface area contributed by atoms with Gasteiger partial charge in [-0.15, -0.1) is 0 Å². The summed E-state index contributed by atoms with van der Waals surface area (Å²) < 4.78 is 26.0. The van der Waals surface area contributed by atoms with Crippen LogP contribution in [0.5, 0.6) is 0 Å². The first-order valence-corrected chi connectivity index (χ1v) is 9.85. The summed E-state index contributed by atoms with van der Waals surface area (Å²) >= 11 is 0. The average Bonchev–Trinajstić information content (AvgIpc) is 2.56. The van der Waals surface area contributed by atoms with Gasteiger partial charge in [0, 0.05) is 20.1 Å². The summed E-state index contributed by atoms with van der Waals surface area (Å²) in [4.78, 5) is 14.5. The number of sulfonamides is 1. The summed E-state index contributed by atoms with van der Waals surface area (Å²) in [6.07, 6.45) is 3.71. The van der Waals surface area contributed by atoms with Crippen LogP contribution in [0.2, 0.25) is 0 Å². The fraction of sp³-hybridized carbons (Fsp3) is 0.588. The van der Waals surface area contributed by atoms with Crippen molar-refractivity contribution >= 4 is 15.9 Å². The summed E-state index contributed by atoms with van der Waals surface area (Å²) in [5.41, 5.74) is 0.993. The van der Waals surface area contributed by atoms with Crippen molar-refractivity contribution in [3.05, 3.63) is 29.8 Å². The molecule has 134 valence electrons. The van der Waals surface area contributed by atoms with Crippen molar-refractivity contribution in [3.63, 3.8) is 0 Å². The van der Waals surface area contributed by atoms with Gasteiger partial charge < -0.3 is 10.2 Å². The molecule has 1 N–H and O–H groups in total. The van der Waals surface area contributed by atoms with Crippen molar-refractivity contribution in [2.45, 2.75) is 31.1 Å². The summed E-state index contributed by atoms with van der Waals surface area (Å²) in [5.74, 6) is -0.273. The van der Waals surface area contributed by atoms with Crippen molar-refractivity contribution in [1.82, 2.24) is 14.5 Å². The van der Waals surface area contributed by atoms with Crippen LogP contribution in [0.25, 0.3) is 0 Å². The molecule has 0 aromatic heterocycles. The van der Waals surface area contributed by atoms with Crippen molar-refractivity contribution in [3.8, 4) is 0 Å². The molecular weight excluding hydrogens is 326 g/mol. The van der Waals surface area contributed by atoms with Crippen molar-refractivity contribution in [2.75, 3.05) is 39.8 Å². The molecule has 0 spiro atoms. The minimum atomic E-state index is -3.63. The first-order chi connectivity index (χ1) is 11.4. The number of likely N-dealkylation sites (tertiary alicyclic amines) is 1. The number of carbonyl (C=O) groups is 1. The molecule has 0 atom stereocenters. The lowest BCUT2D eigenvalue weighted by Crippen LogP contribution is -2.42. The normalized spacial score (nSPS) is 16.3. The zero-order valence-corrected chi connectivity index (χ0v) is 15.3. The third kappa shape index (κ3) is 5.29. The second-order valence-corrected chi connectivity index (χ2v) is 8.37. The summed E-state index contributed by atoms with van der Waals surface area (Å²) in [5, 5.41) is 2.81. The molecule has 1 fully saturated rings. The number of hydrogen-bond acceptors (Lipinski definition) is 4. The van der Waals surface area contributed by atoms with E-state index in [9.17, 15) is 13.2 Å². The lowest BCUT2D eigenvalue weighted by molar-refractivity contribution is -0.121. The fourth-order valence-electron chi connectivity index (χ4n) is 2.77. The van der Waals surface area contributed by atoms with Crippen LogP contribution >= 0.6 is 0 Å². The lowest BCUT2D eigenvalue weighted by Gasteiger charge is -2.26. The van der Waals surface area contributed by atoms with Crippen LogP contribution < -0.4 is 5.32 Å². The molecule has 1 aliphatic heterocycles. The average molecular weight is 353 g/mol. The van der Waals surface area contributed by atoms with Crippen molar-refractivity contribution in [1.29, 1.82) is 0 Å². The first-order valence-electron chi connectivity index (χ1n) is 8.41. The maximum Gasteiger partial charge on any atom is 0.243 e. The van der Waals surface area contributed by atoms with Gasteiger partial charge in [0.15, 0.2) is 0 Å². The molecule has 2 rings (SSSR count). The molecule has 0 aliphatic carbocycles. The van der Waals surface area contributed by atoms with Crippen LogP contribution in [0.4, 0.5) is 0 Å². The topological polar surface area (TPSA) is 69.7 Å². The molecule has 0 unspecified atom stereocenters. The SMILES string of the molecule is Cc1ccc(S(=O)(=O)N(C)CC(=O)NCCN2CCCCC2)cc1. The number of piperidine rings is 1. The van der Waals surface area contributed by atoms with Crippen molar-refractivity contribution in [2.24, 2.45) is 0 Å². The molecule has 1 saturated heterocycles. The van der Waals surface area contributed by atoms with Crippen LogP contribution in [-0.2, 0) is 14.8 Å². The highest BCUT2D eigenvalue weighted by atomic mass is 32.2. The highest BCUT2D eigenvalue weighted by molar-refractivity contribution is 7.89. The molecule has 0 radical (unpaired) electrons. The van der Waals surface area contributed by atoms with E-state index in [1.54, 1.807) is 24.3 Å². The Morgan fingerprint density at radius 2 is 1.79 bits per heavy atom. The largest absolute Gasteiger partial charge is 0.354 e. The Bertz CT molecular complexity index is 638. The Hall–Kier alpha value is -1.44. The Morgan fingerprint density at radius 1 is 1.17 bits per heavy atom. The predicted molar refractivity (Wildman–Crippen MR) is 94.3 cm³/mol. The van der Waals surface area contributed by atoms with Crippen LogP contribution in [-0.4, -0.2) is 63.3 Å². The fourth-order valence-corrected chi connectivity index (χ4v) is 3.90. The molecule has 0 saturated carbocycles. The Kier molecular flexibility index (Phi) is 6.77. The molecule has 24 heavy (non-hydrogen) atoms. The van der Waals surface area contributed by atoms with Crippen LogP contribution in [0, 0.1) is 6.92 Å². The van der Waals surface area contributed by atoms with Crippen LogP contribution in [0.15, 0.2) is 29.2 Å². The second kappa shape index (κ2) is 8.60. The monoisotopic (exact) mass is 353 g/mol. The zero-order valence-electron chi connectivity index (χ0n) is 14.5. The van der Waals surface area contributed by atoms with Gasteiger partial charge in [-0.3, -0.25) is 4.79 Å². The molecular formula is C17H27N3O3S. The third-order valence-corrected chi connectivity index (χ3v) is 6.11. The number of carbonyl (C=O) groups excluding carboxylic acids is 1. The highest BCUT2D eigenvalue weighted by Gasteiger charge is 2.22. The van der Waals surface area contributed by atoms with E-state index in [2.05, 4.69) is 10.2 Å². The van der Waals surface area contributed by atoms with Crippen LogP contribution in [0.3, 0.4) is 0 Å². The van der Waals surface area contributed by atoms with Gasteiger partial charge in [0.05, 0.1) is 11.4 Å². The molecule has 1 heterocycles. The van der Waals surface area contributed by atoms with E-state index in [0.29, 0.717) is 6.54 Å². The molecule has 0 bridgehead atoms. The van der Waals surface area contributed by atoms with Gasteiger partial charge in [0.25, 0.3) is 0 Å². The van der Waals surface area contributed by atoms with Gasteiger partial charge >= 0.3 is 0 Å².